The summed E-state index contributed by atoms with van der Waals surface area (Å²) >= 11 is 0. The number of Topliss-reactive ketones (excluding diaryl/α,β-unsaturated/α-hetero) is 1. The van der Waals surface area contributed by atoms with Crippen LogP contribution < -0.4 is 21.9 Å². The minimum atomic E-state index is -1.08. The topological polar surface area (TPSA) is 143 Å². The van der Waals surface area contributed by atoms with Crippen LogP contribution in [0.3, 0.4) is 0 Å². The van der Waals surface area contributed by atoms with Crippen LogP contribution in [0.4, 0.5) is 11.5 Å². The van der Waals surface area contributed by atoms with Crippen LogP contribution in [0.25, 0.3) is 0 Å². The lowest BCUT2D eigenvalue weighted by atomic mass is 10.1. The second-order valence-electron chi connectivity index (χ2n) is 8.02. The molecule has 3 aromatic rings. The van der Waals surface area contributed by atoms with Crippen molar-refractivity contribution in [1.29, 1.82) is 0 Å². The lowest BCUT2D eigenvalue weighted by Gasteiger charge is -2.16. The zero-order valence-electron chi connectivity index (χ0n) is 20.1. The second kappa shape index (κ2) is 11.2. The van der Waals surface area contributed by atoms with Gasteiger partial charge in [0.2, 0.25) is 5.78 Å². The summed E-state index contributed by atoms with van der Waals surface area (Å²) in [5, 5.41) is 0. The van der Waals surface area contributed by atoms with E-state index >= 15 is 0 Å². The van der Waals surface area contributed by atoms with Crippen LogP contribution in [-0.2, 0) is 27.4 Å². The van der Waals surface area contributed by atoms with E-state index in [0.29, 0.717) is 10.1 Å². The van der Waals surface area contributed by atoms with Gasteiger partial charge in [0.1, 0.15) is 17.9 Å². The van der Waals surface area contributed by atoms with Crippen molar-refractivity contribution >= 4 is 29.2 Å². The largest absolute Gasteiger partial charge is 0.468 e. The number of hydrogen-bond donors (Lipinski definition) is 1. The summed E-state index contributed by atoms with van der Waals surface area (Å²) in [5.41, 5.74) is 5.30. The highest BCUT2D eigenvalue weighted by atomic mass is 16.5. The maximum absolute atomic E-state index is 13.0. The van der Waals surface area contributed by atoms with Crippen molar-refractivity contribution in [3.63, 3.8) is 0 Å². The number of carbonyl (C=O) groups excluding carboxylic acids is 3. The fourth-order valence-corrected chi connectivity index (χ4v) is 3.41. The number of nitrogen functional groups attached to an aromatic ring is 1. The van der Waals surface area contributed by atoms with Gasteiger partial charge in [-0.2, -0.15) is 0 Å². The van der Waals surface area contributed by atoms with Crippen LogP contribution in [0.2, 0.25) is 0 Å². The van der Waals surface area contributed by atoms with E-state index in [4.69, 9.17) is 10.5 Å². The molecule has 2 N–H and O–H groups in total. The predicted octanol–water partition coefficient (Wildman–Crippen LogP) is 0.919. The van der Waals surface area contributed by atoms with E-state index in [1.54, 1.807) is 54.6 Å². The smallest absolute Gasteiger partial charge is 0.338 e. The molecule has 1 aromatic heterocycles. The highest BCUT2D eigenvalue weighted by Crippen LogP contribution is 2.14. The van der Waals surface area contributed by atoms with E-state index in [2.05, 4.69) is 4.74 Å². The molecule has 0 aliphatic heterocycles. The molecule has 0 aliphatic rings. The number of nitrogens with zero attached hydrogens (tertiary/aromatic N) is 3. The highest BCUT2D eigenvalue weighted by Gasteiger charge is 2.25. The first-order valence-corrected chi connectivity index (χ1v) is 10.9. The molecule has 11 nitrogen and oxygen atoms in total. The van der Waals surface area contributed by atoms with Crippen molar-refractivity contribution in [1.82, 2.24) is 9.13 Å². The summed E-state index contributed by atoms with van der Waals surface area (Å²) in [6, 6.07) is 15.2. The van der Waals surface area contributed by atoms with Gasteiger partial charge in [-0.1, -0.05) is 30.3 Å². The van der Waals surface area contributed by atoms with E-state index in [0.717, 1.165) is 17.4 Å². The van der Waals surface area contributed by atoms with E-state index in [9.17, 15) is 24.0 Å². The summed E-state index contributed by atoms with van der Waals surface area (Å²) in [6.07, 6.45) is 0. The summed E-state index contributed by atoms with van der Waals surface area (Å²) in [4.78, 5) is 65.1. The van der Waals surface area contributed by atoms with Crippen molar-refractivity contribution in [2.45, 2.75) is 13.1 Å². The van der Waals surface area contributed by atoms with Crippen LogP contribution in [0, 0.1) is 0 Å². The Bertz CT molecular complexity index is 1390. The Morgan fingerprint density at radius 1 is 0.944 bits per heavy atom. The molecule has 0 saturated heterocycles. The molecule has 0 fully saturated rings. The number of ether oxygens (including phenoxy) is 2. The number of benzene rings is 2. The van der Waals surface area contributed by atoms with E-state index in [1.165, 1.54) is 0 Å². The Balaban J connectivity index is 1.94. The molecule has 0 aliphatic carbocycles. The molecule has 0 spiro atoms. The molecule has 11 heteroatoms. The average molecular weight is 495 g/mol. The quantitative estimate of drug-likeness (QED) is 0.339. The standard InChI is InChI=1S/C25H26N4O7/c1-27(2)18-11-9-17(10-12-18)24(33)36-15-19(30)21-22(26)28(13-16-7-5-4-6-8-16)25(34)29(23(21)32)14-20(31)35-3/h4-12H,13-15,26H2,1-3H3. The van der Waals surface area contributed by atoms with Crippen molar-refractivity contribution in [3.05, 3.63) is 92.1 Å². The zero-order valence-corrected chi connectivity index (χ0v) is 20.1. The van der Waals surface area contributed by atoms with Gasteiger partial charge in [0.05, 0.1) is 19.2 Å². The first-order chi connectivity index (χ1) is 17.1. The monoisotopic (exact) mass is 494 g/mol. The average Bonchev–Trinajstić information content (AvgIpc) is 2.88. The molecular formula is C25H26N4O7. The summed E-state index contributed by atoms with van der Waals surface area (Å²) in [6.45, 7) is -1.58. The van der Waals surface area contributed by atoms with E-state index < -0.39 is 53.5 Å². The maximum atomic E-state index is 13.0. The molecule has 0 radical (unpaired) electrons. The van der Waals surface area contributed by atoms with Gasteiger partial charge < -0.3 is 20.1 Å². The van der Waals surface area contributed by atoms with Gasteiger partial charge in [0.15, 0.2) is 6.61 Å². The zero-order chi connectivity index (χ0) is 26.4. The number of esters is 2. The second-order valence-corrected chi connectivity index (χ2v) is 8.02. The molecule has 0 saturated carbocycles. The van der Waals surface area contributed by atoms with Gasteiger partial charge in [-0.15, -0.1) is 0 Å². The Morgan fingerprint density at radius 2 is 1.58 bits per heavy atom. The summed E-state index contributed by atoms with van der Waals surface area (Å²) in [7, 11) is 4.80. The van der Waals surface area contributed by atoms with Gasteiger partial charge >= 0.3 is 17.6 Å². The molecule has 3 rings (SSSR count). The van der Waals surface area contributed by atoms with Crippen LogP contribution in [0.5, 0.6) is 0 Å². The number of methoxy groups -OCH3 is 1. The number of hydrogen-bond acceptors (Lipinski definition) is 9. The van der Waals surface area contributed by atoms with E-state index in [1.807, 2.05) is 19.0 Å². The van der Waals surface area contributed by atoms with Crippen LogP contribution in [0.15, 0.2) is 64.2 Å². The van der Waals surface area contributed by atoms with Gasteiger partial charge in [0.25, 0.3) is 5.56 Å². The van der Waals surface area contributed by atoms with Crippen molar-refractivity contribution < 1.29 is 23.9 Å². The fraction of sp³-hybridized carbons (Fsp3) is 0.240. The SMILES string of the molecule is COC(=O)Cn1c(=O)c(C(=O)COC(=O)c2ccc(N(C)C)cc2)c(N)n(Cc2ccccc2)c1=O. The maximum Gasteiger partial charge on any atom is 0.338 e. The molecule has 36 heavy (non-hydrogen) atoms. The first-order valence-electron chi connectivity index (χ1n) is 10.9. The number of anilines is 2. The number of nitrogens with two attached hydrogens (primary N) is 1. The lowest BCUT2D eigenvalue weighted by molar-refractivity contribution is -0.141. The molecule has 2 aromatic carbocycles. The molecule has 0 atom stereocenters. The predicted molar refractivity (Wildman–Crippen MR) is 132 cm³/mol. The fourth-order valence-electron chi connectivity index (χ4n) is 3.41. The van der Waals surface area contributed by atoms with Crippen molar-refractivity contribution in [2.24, 2.45) is 0 Å². The van der Waals surface area contributed by atoms with Crippen LogP contribution in [-0.4, -0.2) is 54.7 Å². The first kappa shape index (κ1) is 25.9. The lowest BCUT2D eigenvalue weighted by Crippen LogP contribution is -2.46. The van der Waals surface area contributed by atoms with Gasteiger partial charge in [0, 0.05) is 19.8 Å². The van der Waals surface area contributed by atoms with Crippen LogP contribution >= 0.6 is 0 Å². The normalized spacial score (nSPS) is 10.5. The van der Waals surface area contributed by atoms with Gasteiger partial charge in [-0.25, -0.2) is 14.2 Å². The summed E-state index contributed by atoms with van der Waals surface area (Å²) in [5.74, 6) is -2.96. The Kier molecular flexibility index (Phi) is 8.05. The molecule has 1 heterocycles. The van der Waals surface area contributed by atoms with Gasteiger partial charge in [-0.3, -0.25) is 19.0 Å². The third kappa shape index (κ3) is 5.69. The number of carbonyl (C=O) groups is 3. The highest BCUT2D eigenvalue weighted by molar-refractivity contribution is 6.02. The number of rotatable bonds is 9. The van der Waals surface area contributed by atoms with Crippen molar-refractivity contribution in [2.75, 3.05) is 38.4 Å². The molecule has 0 unspecified atom stereocenters. The third-order valence-corrected chi connectivity index (χ3v) is 5.40. The van der Waals surface area contributed by atoms with Gasteiger partial charge in [-0.05, 0) is 29.8 Å². The molecule has 0 bridgehead atoms. The minimum absolute atomic E-state index is 0.0642. The number of ketones is 1. The molecule has 188 valence electrons. The Labute approximate surface area is 206 Å². The summed E-state index contributed by atoms with van der Waals surface area (Å²) < 4.78 is 11.2. The Hall–Kier alpha value is -4.67. The van der Waals surface area contributed by atoms with E-state index in [-0.39, 0.29) is 12.1 Å². The molecular weight excluding hydrogens is 468 g/mol. The van der Waals surface area contributed by atoms with Crippen molar-refractivity contribution in [3.8, 4) is 0 Å². The minimum Gasteiger partial charge on any atom is -0.468 e. The Morgan fingerprint density at radius 3 is 2.17 bits per heavy atom. The van der Waals surface area contributed by atoms with Crippen LogP contribution in [0.1, 0.15) is 26.3 Å². The molecule has 0 amide bonds. The number of aromatic nitrogens is 2. The third-order valence-electron chi connectivity index (χ3n) is 5.40.